The van der Waals surface area contributed by atoms with E-state index in [0.29, 0.717) is 16.9 Å². The first kappa shape index (κ1) is 12.6. The van der Waals surface area contributed by atoms with Crippen molar-refractivity contribution in [2.45, 2.75) is 12.0 Å². The minimum absolute atomic E-state index is 0.0391. The largest absolute Gasteiger partial charge is 0.508 e. The van der Waals surface area contributed by atoms with Crippen LogP contribution in [0.4, 0.5) is 0 Å². The van der Waals surface area contributed by atoms with E-state index < -0.39 is 12.0 Å². The molecule has 0 saturated carbocycles. The normalized spacial score (nSPS) is 21.1. The predicted molar refractivity (Wildman–Crippen MR) is 71.1 cm³/mol. The number of benzene rings is 2. The summed E-state index contributed by atoms with van der Waals surface area (Å²) in [5, 5.41) is 39.0. The minimum atomic E-state index is -0.852. The molecule has 0 radical (unpaired) electrons. The highest BCUT2D eigenvalue weighted by Crippen LogP contribution is 2.44. The Morgan fingerprint density at radius 1 is 0.900 bits per heavy atom. The molecule has 20 heavy (non-hydrogen) atoms. The van der Waals surface area contributed by atoms with Gasteiger partial charge in [0.2, 0.25) is 0 Å². The van der Waals surface area contributed by atoms with Gasteiger partial charge in [-0.1, -0.05) is 6.07 Å². The van der Waals surface area contributed by atoms with Crippen LogP contribution in [-0.4, -0.2) is 27.0 Å². The fourth-order valence-electron chi connectivity index (χ4n) is 2.49. The molecule has 2 aromatic rings. The highest BCUT2D eigenvalue weighted by atomic mass is 16.5. The zero-order valence-corrected chi connectivity index (χ0v) is 10.5. The van der Waals surface area contributed by atoms with E-state index in [-0.39, 0.29) is 23.9 Å². The van der Waals surface area contributed by atoms with Crippen molar-refractivity contribution in [2.24, 2.45) is 0 Å². The molecule has 2 atom stereocenters. The van der Waals surface area contributed by atoms with E-state index in [4.69, 9.17) is 4.74 Å². The molecule has 0 spiro atoms. The fraction of sp³-hybridized carbons (Fsp3) is 0.200. The Morgan fingerprint density at radius 2 is 1.55 bits per heavy atom. The highest BCUT2D eigenvalue weighted by molar-refractivity contribution is 5.47. The average Bonchev–Trinajstić information content (AvgIpc) is 2.40. The molecule has 1 heterocycles. The molecule has 0 amide bonds. The summed E-state index contributed by atoms with van der Waals surface area (Å²) < 4.78 is 5.53. The number of fused-ring (bicyclic) bond motifs is 1. The summed E-state index contributed by atoms with van der Waals surface area (Å²) in [6.07, 6.45) is -0.852. The summed E-state index contributed by atoms with van der Waals surface area (Å²) in [7, 11) is 0. The first-order valence-corrected chi connectivity index (χ1v) is 6.22. The Bertz CT molecular complexity index is 653. The third-order valence-corrected chi connectivity index (χ3v) is 3.53. The molecule has 0 aliphatic carbocycles. The van der Waals surface area contributed by atoms with Crippen LogP contribution >= 0.6 is 0 Å². The van der Waals surface area contributed by atoms with E-state index in [2.05, 4.69) is 0 Å². The van der Waals surface area contributed by atoms with Crippen LogP contribution in [0.1, 0.15) is 23.1 Å². The molecule has 5 heteroatoms. The summed E-state index contributed by atoms with van der Waals surface area (Å²) in [6.45, 7) is 0.177. The number of phenols is 3. The molecule has 0 bridgehead atoms. The van der Waals surface area contributed by atoms with Gasteiger partial charge in [-0.3, -0.25) is 0 Å². The van der Waals surface area contributed by atoms with Crippen molar-refractivity contribution in [3.63, 3.8) is 0 Å². The third-order valence-electron chi connectivity index (χ3n) is 3.53. The second-order valence-electron chi connectivity index (χ2n) is 4.83. The SMILES string of the molecule is Oc1ccc([C@@H]2COc3cc(O)ccc3C2O)c(O)c1. The number of aliphatic hydroxyl groups excluding tert-OH is 1. The van der Waals surface area contributed by atoms with E-state index in [0.717, 1.165) is 0 Å². The van der Waals surface area contributed by atoms with Gasteiger partial charge in [-0.25, -0.2) is 0 Å². The van der Waals surface area contributed by atoms with Crippen LogP contribution in [-0.2, 0) is 0 Å². The molecule has 1 aliphatic rings. The van der Waals surface area contributed by atoms with Crippen LogP contribution in [0, 0.1) is 0 Å². The quantitative estimate of drug-likeness (QED) is 0.638. The standard InChI is InChI=1S/C15H14O5/c16-8-1-3-10(13(18)5-8)12-7-20-14-6-9(17)2-4-11(14)15(12)19/h1-6,12,15-19H,7H2/t12-,15?/m0/s1. The van der Waals surface area contributed by atoms with Gasteiger partial charge in [0.05, 0.1) is 18.6 Å². The molecule has 0 saturated heterocycles. The minimum Gasteiger partial charge on any atom is -0.508 e. The molecule has 1 unspecified atom stereocenters. The molecular weight excluding hydrogens is 260 g/mol. The third kappa shape index (κ3) is 2.02. The van der Waals surface area contributed by atoms with Gasteiger partial charge < -0.3 is 25.2 Å². The Kier molecular flexibility index (Phi) is 2.91. The number of aromatic hydroxyl groups is 3. The van der Waals surface area contributed by atoms with Crippen LogP contribution in [0.3, 0.4) is 0 Å². The van der Waals surface area contributed by atoms with Crippen molar-refractivity contribution in [1.29, 1.82) is 0 Å². The maximum atomic E-state index is 10.4. The topological polar surface area (TPSA) is 90.2 Å². The lowest BCUT2D eigenvalue weighted by atomic mass is 9.87. The number of ether oxygens (including phenoxy) is 1. The Hall–Kier alpha value is -2.40. The van der Waals surface area contributed by atoms with Gasteiger partial charge >= 0.3 is 0 Å². The summed E-state index contributed by atoms with van der Waals surface area (Å²) >= 11 is 0. The van der Waals surface area contributed by atoms with Gasteiger partial charge in [0.25, 0.3) is 0 Å². The number of hydrogen-bond donors (Lipinski definition) is 4. The first-order chi connectivity index (χ1) is 9.56. The number of hydrogen-bond acceptors (Lipinski definition) is 5. The maximum absolute atomic E-state index is 10.4. The second-order valence-corrected chi connectivity index (χ2v) is 4.83. The van der Waals surface area contributed by atoms with Crippen LogP contribution < -0.4 is 4.74 Å². The average molecular weight is 274 g/mol. The predicted octanol–water partition coefficient (Wildman–Crippen LogP) is 2.01. The molecule has 104 valence electrons. The lowest BCUT2D eigenvalue weighted by Crippen LogP contribution is -2.24. The van der Waals surface area contributed by atoms with E-state index in [1.165, 1.54) is 24.3 Å². The summed E-state index contributed by atoms with van der Waals surface area (Å²) in [4.78, 5) is 0. The van der Waals surface area contributed by atoms with Gasteiger partial charge in [0, 0.05) is 23.3 Å². The van der Waals surface area contributed by atoms with E-state index >= 15 is 0 Å². The van der Waals surface area contributed by atoms with Crippen LogP contribution in [0.5, 0.6) is 23.0 Å². The molecular formula is C15H14O5. The van der Waals surface area contributed by atoms with Crippen molar-refractivity contribution >= 4 is 0 Å². The molecule has 0 aromatic heterocycles. The lowest BCUT2D eigenvalue weighted by molar-refractivity contribution is 0.0875. The first-order valence-electron chi connectivity index (χ1n) is 6.22. The van der Waals surface area contributed by atoms with Crippen molar-refractivity contribution < 1.29 is 25.2 Å². The number of rotatable bonds is 1. The Labute approximate surface area is 115 Å². The summed E-state index contributed by atoms with van der Waals surface area (Å²) in [6, 6.07) is 8.77. The van der Waals surface area contributed by atoms with Crippen molar-refractivity contribution in [1.82, 2.24) is 0 Å². The Balaban J connectivity index is 1.99. The molecule has 5 nitrogen and oxygen atoms in total. The van der Waals surface area contributed by atoms with E-state index in [9.17, 15) is 20.4 Å². The molecule has 0 fully saturated rings. The molecule has 1 aliphatic heterocycles. The van der Waals surface area contributed by atoms with Gasteiger partial charge in [-0.05, 0) is 18.2 Å². The fourth-order valence-corrected chi connectivity index (χ4v) is 2.49. The lowest BCUT2D eigenvalue weighted by Gasteiger charge is -2.31. The zero-order chi connectivity index (χ0) is 14.3. The highest BCUT2D eigenvalue weighted by Gasteiger charge is 2.32. The van der Waals surface area contributed by atoms with Crippen LogP contribution in [0.25, 0.3) is 0 Å². The van der Waals surface area contributed by atoms with Crippen molar-refractivity contribution in [3.8, 4) is 23.0 Å². The monoisotopic (exact) mass is 274 g/mol. The van der Waals surface area contributed by atoms with Gasteiger partial charge in [0.1, 0.15) is 23.0 Å². The summed E-state index contributed by atoms with van der Waals surface area (Å²) in [5.74, 6) is -0.0517. The number of phenolic OH excluding ortho intramolecular Hbond substituents is 3. The van der Waals surface area contributed by atoms with Gasteiger partial charge in [0.15, 0.2) is 0 Å². The van der Waals surface area contributed by atoms with Gasteiger partial charge in [-0.15, -0.1) is 0 Å². The van der Waals surface area contributed by atoms with Gasteiger partial charge in [-0.2, -0.15) is 0 Å². The number of aliphatic hydroxyl groups is 1. The zero-order valence-electron chi connectivity index (χ0n) is 10.5. The second kappa shape index (κ2) is 4.61. The van der Waals surface area contributed by atoms with E-state index in [1.807, 2.05) is 0 Å². The van der Waals surface area contributed by atoms with Crippen molar-refractivity contribution in [3.05, 3.63) is 47.5 Å². The van der Waals surface area contributed by atoms with Crippen LogP contribution in [0.15, 0.2) is 36.4 Å². The molecule has 3 rings (SSSR count). The van der Waals surface area contributed by atoms with E-state index in [1.54, 1.807) is 12.1 Å². The van der Waals surface area contributed by atoms with Crippen LogP contribution in [0.2, 0.25) is 0 Å². The molecule has 4 N–H and O–H groups in total. The molecule has 2 aromatic carbocycles. The Morgan fingerprint density at radius 3 is 2.25 bits per heavy atom. The van der Waals surface area contributed by atoms with Crippen molar-refractivity contribution in [2.75, 3.05) is 6.61 Å². The smallest absolute Gasteiger partial charge is 0.128 e. The maximum Gasteiger partial charge on any atom is 0.128 e. The summed E-state index contributed by atoms with van der Waals surface area (Å²) in [5.41, 5.74) is 1.07.